The van der Waals surface area contributed by atoms with Crippen LogP contribution < -0.4 is 10.5 Å². The van der Waals surface area contributed by atoms with E-state index in [9.17, 15) is 4.39 Å². The van der Waals surface area contributed by atoms with Gasteiger partial charge in [0.2, 0.25) is 5.88 Å². The number of ether oxygens (including phenoxy) is 1. The standard InChI is InChI=1S/C12H10BrFN2O/c1-7-4-11(9(14)5-10(7)15)17-12-3-2-8(13)6-16-12/h2-6H,15H2,1H3. The Hall–Kier alpha value is -1.62. The summed E-state index contributed by atoms with van der Waals surface area (Å²) in [5, 5.41) is 0. The summed E-state index contributed by atoms with van der Waals surface area (Å²) in [5.41, 5.74) is 6.75. The number of hydrogen-bond donors (Lipinski definition) is 1. The van der Waals surface area contributed by atoms with E-state index in [-0.39, 0.29) is 5.75 Å². The molecule has 2 N–H and O–H groups in total. The molecule has 0 aliphatic heterocycles. The molecule has 0 unspecified atom stereocenters. The van der Waals surface area contributed by atoms with E-state index in [2.05, 4.69) is 20.9 Å². The zero-order valence-electron chi connectivity index (χ0n) is 9.08. The zero-order valence-corrected chi connectivity index (χ0v) is 10.7. The van der Waals surface area contributed by atoms with Crippen molar-refractivity contribution in [3.63, 3.8) is 0 Å². The number of hydrogen-bond acceptors (Lipinski definition) is 3. The van der Waals surface area contributed by atoms with Crippen LogP contribution in [0.25, 0.3) is 0 Å². The summed E-state index contributed by atoms with van der Waals surface area (Å²) in [6, 6.07) is 6.21. The molecule has 2 rings (SSSR count). The molecule has 0 radical (unpaired) electrons. The van der Waals surface area contributed by atoms with Gasteiger partial charge in [0.25, 0.3) is 0 Å². The lowest BCUT2D eigenvalue weighted by Gasteiger charge is -2.08. The van der Waals surface area contributed by atoms with Crippen molar-refractivity contribution >= 4 is 21.6 Å². The predicted molar refractivity (Wildman–Crippen MR) is 67.6 cm³/mol. The number of halogens is 2. The van der Waals surface area contributed by atoms with Crippen LogP contribution in [0.15, 0.2) is 34.9 Å². The number of anilines is 1. The second-order valence-corrected chi connectivity index (χ2v) is 4.47. The molecule has 88 valence electrons. The smallest absolute Gasteiger partial charge is 0.219 e. The van der Waals surface area contributed by atoms with Gasteiger partial charge >= 0.3 is 0 Å². The third-order valence-corrected chi connectivity index (χ3v) is 2.70. The first-order valence-electron chi connectivity index (χ1n) is 4.91. The van der Waals surface area contributed by atoms with Crippen LogP contribution in [0.5, 0.6) is 11.6 Å². The molecule has 0 spiro atoms. The van der Waals surface area contributed by atoms with Gasteiger partial charge in [-0.25, -0.2) is 9.37 Å². The maximum atomic E-state index is 13.6. The van der Waals surface area contributed by atoms with Crippen LogP contribution in [-0.4, -0.2) is 4.98 Å². The second-order valence-electron chi connectivity index (χ2n) is 3.56. The van der Waals surface area contributed by atoms with Crippen LogP contribution in [0.2, 0.25) is 0 Å². The average Bonchev–Trinajstić information content (AvgIpc) is 2.29. The lowest BCUT2D eigenvalue weighted by atomic mass is 10.2. The van der Waals surface area contributed by atoms with E-state index in [0.717, 1.165) is 10.0 Å². The molecular formula is C12H10BrFN2O. The van der Waals surface area contributed by atoms with Crippen LogP contribution in [0.4, 0.5) is 10.1 Å². The van der Waals surface area contributed by atoms with Gasteiger partial charge in [-0.15, -0.1) is 0 Å². The quantitative estimate of drug-likeness (QED) is 0.860. The number of nitrogen functional groups attached to an aromatic ring is 1. The highest BCUT2D eigenvalue weighted by Gasteiger charge is 2.08. The van der Waals surface area contributed by atoms with Gasteiger partial charge in [0.05, 0.1) is 0 Å². The molecule has 0 atom stereocenters. The molecule has 0 amide bonds. The second kappa shape index (κ2) is 4.71. The van der Waals surface area contributed by atoms with Crippen LogP contribution >= 0.6 is 15.9 Å². The summed E-state index contributed by atoms with van der Waals surface area (Å²) >= 11 is 3.26. The third kappa shape index (κ3) is 2.74. The van der Waals surface area contributed by atoms with E-state index in [4.69, 9.17) is 10.5 Å². The fourth-order valence-electron chi connectivity index (χ4n) is 1.28. The minimum absolute atomic E-state index is 0.117. The van der Waals surface area contributed by atoms with Gasteiger partial charge in [0.1, 0.15) is 0 Å². The summed E-state index contributed by atoms with van der Waals surface area (Å²) in [5.74, 6) is -0.0550. The highest BCUT2D eigenvalue weighted by Crippen LogP contribution is 2.27. The Morgan fingerprint density at radius 3 is 2.76 bits per heavy atom. The Labute approximate surface area is 107 Å². The number of nitrogens with zero attached hydrogens (tertiary/aromatic N) is 1. The van der Waals surface area contributed by atoms with E-state index in [1.807, 2.05) is 0 Å². The predicted octanol–water partition coefficient (Wildman–Crippen LogP) is 3.67. The summed E-state index contributed by atoms with van der Waals surface area (Å²) in [6.07, 6.45) is 1.58. The molecule has 0 bridgehead atoms. The van der Waals surface area contributed by atoms with Crippen molar-refractivity contribution in [3.05, 3.63) is 46.3 Å². The first-order valence-corrected chi connectivity index (χ1v) is 5.70. The molecule has 0 saturated heterocycles. The molecule has 2 aromatic rings. The van der Waals surface area contributed by atoms with Crippen LogP contribution in [-0.2, 0) is 0 Å². The van der Waals surface area contributed by atoms with Crippen molar-refractivity contribution in [1.29, 1.82) is 0 Å². The molecule has 1 aromatic heterocycles. The molecule has 0 fully saturated rings. The summed E-state index contributed by atoms with van der Waals surface area (Å²) in [4.78, 5) is 4.00. The molecule has 17 heavy (non-hydrogen) atoms. The van der Waals surface area contributed by atoms with Gasteiger partial charge in [0.15, 0.2) is 11.6 Å². The van der Waals surface area contributed by atoms with Crippen molar-refractivity contribution in [2.75, 3.05) is 5.73 Å². The number of benzene rings is 1. The van der Waals surface area contributed by atoms with Crippen molar-refractivity contribution in [3.8, 4) is 11.6 Å². The third-order valence-electron chi connectivity index (χ3n) is 2.24. The Bertz CT molecular complexity index is 543. The van der Waals surface area contributed by atoms with Crippen molar-refractivity contribution in [2.24, 2.45) is 0 Å². The normalized spacial score (nSPS) is 10.3. The Kier molecular flexibility index (Phi) is 3.28. The van der Waals surface area contributed by atoms with Gasteiger partial charge in [-0.1, -0.05) is 0 Å². The fraction of sp³-hybridized carbons (Fsp3) is 0.0833. The maximum absolute atomic E-state index is 13.6. The largest absolute Gasteiger partial charge is 0.436 e. The first kappa shape index (κ1) is 11.9. The Morgan fingerprint density at radius 2 is 2.12 bits per heavy atom. The van der Waals surface area contributed by atoms with Crippen LogP contribution in [0.3, 0.4) is 0 Å². The van der Waals surface area contributed by atoms with Gasteiger partial charge in [-0.3, -0.25) is 0 Å². The molecule has 3 nitrogen and oxygen atoms in total. The molecule has 1 heterocycles. The van der Waals surface area contributed by atoms with E-state index < -0.39 is 5.82 Å². The number of aromatic nitrogens is 1. The van der Waals surface area contributed by atoms with E-state index in [1.54, 1.807) is 31.3 Å². The molecule has 5 heteroatoms. The van der Waals surface area contributed by atoms with Crippen LogP contribution in [0.1, 0.15) is 5.56 Å². The highest BCUT2D eigenvalue weighted by molar-refractivity contribution is 9.10. The number of aryl methyl sites for hydroxylation is 1. The Morgan fingerprint density at radius 1 is 1.35 bits per heavy atom. The maximum Gasteiger partial charge on any atom is 0.219 e. The lowest BCUT2D eigenvalue weighted by Crippen LogP contribution is -1.95. The van der Waals surface area contributed by atoms with Crippen molar-refractivity contribution in [1.82, 2.24) is 4.98 Å². The fourth-order valence-corrected chi connectivity index (χ4v) is 1.52. The van der Waals surface area contributed by atoms with Gasteiger partial charge in [0, 0.05) is 28.5 Å². The van der Waals surface area contributed by atoms with E-state index in [1.165, 1.54) is 6.07 Å². The Balaban J connectivity index is 2.30. The summed E-state index contributed by atoms with van der Waals surface area (Å²) in [6.45, 7) is 1.79. The number of nitrogens with two attached hydrogens (primary N) is 1. The van der Waals surface area contributed by atoms with Crippen molar-refractivity contribution < 1.29 is 9.13 Å². The molecule has 1 aromatic carbocycles. The zero-order chi connectivity index (χ0) is 12.4. The first-order chi connectivity index (χ1) is 8.06. The van der Waals surface area contributed by atoms with E-state index >= 15 is 0 Å². The molecule has 0 aliphatic rings. The summed E-state index contributed by atoms with van der Waals surface area (Å²) in [7, 11) is 0. The highest BCUT2D eigenvalue weighted by atomic mass is 79.9. The topological polar surface area (TPSA) is 48.1 Å². The monoisotopic (exact) mass is 296 g/mol. The lowest BCUT2D eigenvalue weighted by molar-refractivity contribution is 0.427. The molecular weight excluding hydrogens is 287 g/mol. The number of rotatable bonds is 2. The van der Waals surface area contributed by atoms with Crippen LogP contribution in [0, 0.1) is 12.7 Å². The minimum atomic E-state index is -0.502. The summed E-state index contributed by atoms with van der Waals surface area (Å²) < 4.78 is 19.7. The minimum Gasteiger partial charge on any atom is -0.436 e. The van der Waals surface area contributed by atoms with Gasteiger partial charge in [-0.05, 0) is 40.5 Å². The molecule has 0 aliphatic carbocycles. The number of pyridine rings is 1. The van der Waals surface area contributed by atoms with Gasteiger partial charge < -0.3 is 10.5 Å². The SMILES string of the molecule is Cc1cc(Oc2ccc(Br)cn2)c(F)cc1N. The van der Waals surface area contributed by atoms with E-state index in [0.29, 0.717) is 11.6 Å². The average molecular weight is 297 g/mol. The molecule has 0 saturated carbocycles. The van der Waals surface area contributed by atoms with Crippen molar-refractivity contribution in [2.45, 2.75) is 6.92 Å². The van der Waals surface area contributed by atoms with Gasteiger partial charge in [-0.2, -0.15) is 0 Å².